The normalized spacial score (nSPS) is 26.8. The van der Waals surface area contributed by atoms with Crippen LogP contribution in [0.5, 0.6) is 0 Å². The van der Waals surface area contributed by atoms with Crippen LogP contribution in [-0.2, 0) is 9.59 Å². The molecular weight excluding hydrogens is 256 g/mol. The number of carbonyl (C=O) groups excluding carboxylic acids is 1. The average Bonchev–Trinajstić information content (AvgIpc) is 2.67. The van der Waals surface area contributed by atoms with Gasteiger partial charge in [-0.05, 0) is 38.3 Å². The summed E-state index contributed by atoms with van der Waals surface area (Å²) in [6.45, 7) is 7.65. The molecule has 1 rings (SSSR count). The molecular formula is C15H28N2O3. The minimum Gasteiger partial charge on any atom is -0.481 e. The molecule has 3 unspecified atom stereocenters. The van der Waals surface area contributed by atoms with E-state index in [1.54, 1.807) is 0 Å². The van der Waals surface area contributed by atoms with Gasteiger partial charge in [0.25, 0.3) is 0 Å². The van der Waals surface area contributed by atoms with Crippen molar-refractivity contribution >= 4 is 11.9 Å². The zero-order valence-electron chi connectivity index (χ0n) is 13.3. The Labute approximate surface area is 121 Å². The highest BCUT2D eigenvalue weighted by Crippen LogP contribution is 2.36. The zero-order chi connectivity index (χ0) is 15.5. The molecule has 0 radical (unpaired) electrons. The van der Waals surface area contributed by atoms with Crippen LogP contribution in [0.1, 0.15) is 33.6 Å². The van der Waals surface area contributed by atoms with Crippen molar-refractivity contribution in [1.82, 2.24) is 10.2 Å². The van der Waals surface area contributed by atoms with Gasteiger partial charge in [0, 0.05) is 13.1 Å². The summed E-state index contributed by atoms with van der Waals surface area (Å²) in [7, 11) is 4.01. The molecule has 116 valence electrons. The smallest absolute Gasteiger partial charge is 0.307 e. The average molecular weight is 284 g/mol. The summed E-state index contributed by atoms with van der Waals surface area (Å²) < 4.78 is 0. The van der Waals surface area contributed by atoms with Crippen molar-refractivity contribution in [1.29, 1.82) is 0 Å². The van der Waals surface area contributed by atoms with Crippen molar-refractivity contribution in [3.05, 3.63) is 0 Å². The van der Waals surface area contributed by atoms with Gasteiger partial charge < -0.3 is 15.3 Å². The Morgan fingerprint density at radius 1 is 1.25 bits per heavy atom. The second-order valence-corrected chi connectivity index (χ2v) is 7.25. The maximum absolute atomic E-state index is 12.3. The van der Waals surface area contributed by atoms with Crippen LogP contribution in [-0.4, -0.2) is 49.1 Å². The largest absolute Gasteiger partial charge is 0.481 e. The number of nitrogens with one attached hydrogen (secondary N) is 1. The quantitative estimate of drug-likeness (QED) is 0.774. The molecule has 0 heterocycles. The number of carboxylic acid groups (broad SMARTS) is 1. The highest BCUT2D eigenvalue weighted by molar-refractivity contribution is 5.85. The molecule has 0 aromatic heterocycles. The molecule has 0 spiro atoms. The molecule has 1 fully saturated rings. The number of carboxylic acids is 1. The fourth-order valence-electron chi connectivity index (χ4n) is 3.22. The minimum absolute atomic E-state index is 0.0257. The van der Waals surface area contributed by atoms with Crippen LogP contribution in [0.4, 0.5) is 0 Å². The summed E-state index contributed by atoms with van der Waals surface area (Å²) in [5, 5.41) is 12.2. The van der Waals surface area contributed by atoms with Crippen LogP contribution in [0.2, 0.25) is 0 Å². The van der Waals surface area contributed by atoms with Gasteiger partial charge in [-0.2, -0.15) is 0 Å². The van der Waals surface area contributed by atoms with E-state index in [0.717, 1.165) is 6.54 Å². The van der Waals surface area contributed by atoms with Gasteiger partial charge in [0.2, 0.25) is 5.91 Å². The summed E-state index contributed by atoms with van der Waals surface area (Å²) >= 11 is 0. The SMILES string of the molecule is CC1CC(C(=O)O)C(C(=O)NCC(C)(C)CN(C)C)C1. The second kappa shape index (κ2) is 6.57. The van der Waals surface area contributed by atoms with E-state index in [4.69, 9.17) is 0 Å². The molecule has 0 aromatic rings. The lowest BCUT2D eigenvalue weighted by atomic mass is 9.91. The molecule has 0 saturated heterocycles. The first-order valence-electron chi connectivity index (χ1n) is 7.27. The van der Waals surface area contributed by atoms with Crippen LogP contribution >= 0.6 is 0 Å². The van der Waals surface area contributed by atoms with Gasteiger partial charge >= 0.3 is 5.97 Å². The van der Waals surface area contributed by atoms with Crippen LogP contribution in [0.3, 0.4) is 0 Å². The molecule has 5 nitrogen and oxygen atoms in total. The molecule has 0 bridgehead atoms. The van der Waals surface area contributed by atoms with Crippen molar-refractivity contribution in [3.8, 4) is 0 Å². The lowest BCUT2D eigenvalue weighted by Gasteiger charge is -2.29. The topological polar surface area (TPSA) is 69.6 Å². The maximum Gasteiger partial charge on any atom is 0.307 e. The second-order valence-electron chi connectivity index (χ2n) is 7.25. The monoisotopic (exact) mass is 284 g/mol. The van der Waals surface area contributed by atoms with Crippen LogP contribution in [0, 0.1) is 23.2 Å². The van der Waals surface area contributed by atoms with Gasteiger partial charge in [-0.15, -0.1) is 0 Å². The number of hydrogen-bond acceptors (Lipinski definition) is 3. The van der Waals surface area contributed by atoms with Gasteiger partial charge in [0.1, 0.15) is 0 Å². The third-order valence-corrected chi connectivity index (χ3v) is 3.94. The number of aliphatic carboxylic acids is 1. The fourth-order valence-corrected chi connectivity index (χ4v) is 3.22. The van der Waals surface area contributed by atoms with Crippen molar-refractivity contribution in [2.75, 3.05) is 27.2 Å². The standard InChI is InChI=1S/C15H28N2O3/c1-10-6-11(12(7-10)14(19)20)13(18)16-8-15(2,3)9-17(4)5/h10-12H,6-9H2,1-5H3,(H,16,18)(H,19,20). The Kier molecular flexibility index (Phi) is 5.57. The first kappa shape index (κ1) is 17.0. The number of rotatable bonds is 6. The van der Waals surface area contributed by atoms with Gasteiger partial charge in [0.15, 0.2) is 0 Å². The van der Waals surface area contributed by atoms with Gasteiger partial charge in [-0.3, -0.25) is 9.59 Å². The molecule has 20 heavy (non-hydrogen) atoms. The highest BCUT2D eigenvalue weighted by atomic mass is 16.4. The van der Waals surface area contributed by atoms with E-state index in [1.165, 1.54) is 0 Å². The molecule has 3 atom stereocenters. The van der Waals surface area contributed by atoms with Gasteiger partial charge in [-0.25, -0.2) is 0 Å². The molecule has 5 heteroatoms. The first-order valence-corrected chi connectivity index (χ1v) is 7.27. The maximum atomic E-state index is 12.3. The van der Waals surface area contributed by atoms with Crippen LogP contribution in [0.25, 0.3) is 0 Å². The highest BCUT2D eigenvalue weighted by Gasteiger charge is 2.41. The molecule has 2 N–H and O–H groups in total. The molecule has 1 aliphatic carbocycles. The van der Waals surface area contributed by atoms with Crippen molar-refractivity contribution in [3.63, 3.8) is 0 Å². The Morgan fingerprint density at radius 2 is 1.80 bits per heavy atom. The van der Waals surface area contributed by atoms with Crippen LogP contribution < -0.4 is 5.32 Å². The molecule has 1 saturated carbocycles. The van der Waals surface area contributed by atoms with E-state index in [1.807, 2.05) is 21.0 Å². The summed E-state index contributed by atoms with van der Waals surface area (Å²) in [6, 6.07) is 0. The third-order valence-electron chi connectivity index (χ3n) is 3.94. The number of hydrogen-bond donors (Lipinski definition) is 2. The zero-order valence-corrected chi connectivity index (χ0v) is 13.3. The predicted molar refractivity (Wildman–Crippen MR) is 78.4 cm³/mol. The first-order chi connectivity index (χ1) is 9.12. The number of amides is 1. The Morgan fingerprint density at radius 3 is 2.30 bits per heavy atom. The van der Waals surface area contributed by atoms with Crippen LogP contribution in [0.15, 0.2) is 0 Å². The summed E-state index contributed by atoms with van der Waals surface area (Å²) in [4.78, 5) is 25.6. The lowest BCUT2D eigenvalue weighted by Crippen LogP contribution is -2.43. The van der Waals surface area contributed by atoms with E-state index < -0.39 is 11.9 Å². The number of nitrogens with zero attached hydrogens (tertiary/aromatic N) is 1. The minimum atomic E-state index is -0.845. The van der Waals surface area contributed by atoms with Crippen molar-refractivity contribution in [2.45, 2.75) is 33.6 Å². The predicted octanol–water partition coefficient (Wildman–Crippen LogP) is 1.44. The van der Waals surface area contributed by atoms with E-state index in [0.29, 0.717) is 25.3 Å². The van der Waals surface area contributed by atoms with Crippen molar-refractivity contribution in [2.24, 2.45) is 23.2 Å². The molecule has 1 aliphatic rings. The van der Waals surface area contributed by atoms with E-state index in [2.05, 4.69) is 24.1 Å². The molecule has 0 aliphatic heterocycles. The summed E-state index contributed by atoms with van der Waals surface area (Å²) in [5.41, 5.74) is -0.0257. The van der Waals surface area contributed by atoms with Crippen molar-refractivity contribution < 1.29 is 14.7 Å². The fraction of sp³-hybridized carbons (Fsp3) is 0.867. The van der Waals surface area contributed by atoms with E-state index in [9.17, 15) is 14.7 Å². The van der Waals surface area contributed by atoms with E-state index in [-0.39, 0.29) is 17.2 Å². The van der Waals surface area contributed by atoms with Gasteiger partial charge in [0.05, 0.1) is 11.8 Å². The Hall–Kier alpha value is -1.10. The molecule has 0 aromatic carbocycles. The lowest BCUT2D eigenvalue weighted by molar-refractivity contribution is -0.146. The third kappa shape index (κ3) is 4.78. The van der Waals surface area contributed by atoms with E-state index >= 15 is 0 Å². The Balaban J connectivity index is 2.56. The molecule has 1 amide bonds. The Bertz CT molecular complexity index is 366. The summed E-state index contributed by atoms with van der Waals surface area (Å²) in [5.74, 6) is -1.54. The summed E-state index contributed by atoms with van der Waals surface area (Å²) in [6.07, 6.45) is 1.28. The van der Waals surface area contributed by atoms with Gasteiger partial charge in [-0.1, -0.05) is 20.8 Å². The number of carbonyl (C=O) groups is 2.